The quantitative estimate of drug-likeness (QED) is 0.215. The number of ether oxygens (including phenoxy) is 4. The Bertz CT molecular complexity index is 1150. The Morgan fingerprint density at radius 1 is 0.825 bits per heavy atom. The fraction of sp³-hybridized carbons (Fsp3) is 0.515. The molecule has 0 N–H and O–H groups in total. The van der Waals surface area contributed by atoms with Gasteiger partial charge >= 0.3 is 0 Å². The molecule has 2 aromatic carbocycles. The molecule has 3 saturated heterocycles. The van der Waals surface area contributed by atoms with Crippen molar-refractivity contribution in [3.63, 3.8) is 0 Å². The number of nitrogens with zero attached hydrogens (tertiary/aromatic N) is 1. The molecule has 0 amide bonds. The predicted molar refractivity (Wildman–Crippen MR) is 159 cm³/mol. The molecule has 3 aliphatic rings. The van der Waals surface area contributed by atoms with Crippen LogP contribution in [0, 0.1) is 17.8 Å². The zero-order valence-corrected chi connectivity index (χ0v) is 24.9. The molecule has 7 heteroatoms. The Labute approximate surface area is 239 Å². The van der Waals surface area contributed by atoms with Crippen LogP contribution in [0.4, 0.5) is 0 Å². The molecular weight excluding hydrogens is 506 g/mol. The molecule has 7 nitrogen and oxygen atoms in total. The summed E-state index contributed by atoms with van der Waals surface area (Å²) in [4.78, 5) is 25.4. The maximum Gasteiger partial charge on any atom is 0.182 e. The van der Waals surface area contributed by atoms with Gasteiger partial charge in [0.1, 0.15) is 6.29 Å². The van der Waals surface area contributed by atoms with E-state index in [9.17, 15) is 9.59 Å². The lowest BCUT2D eigenvalue weighted by Crippen LogP contribution is -2.45. The van der Waals surface area contributed by atoms with E-state index in [-0.39, 0.29) is 5.92 Å². The van der Waals surface area contributed by atoms with E-state index < -0.39 is 0 Å². The number of hydrogen-bond donors (Lipinski definition) is 0. The summed E-state index contributed by atoms with van der Waals surface area (Å²) in [6.07, 6.45) is 6.95. The summed E-state index contributed by atoms with van der Waals surface area (Å²) in [6, 6.07) is 11.0. The molecule has 0 spiro atoms. The van der Waals surface area contributed by atoms with Crippen LogP contribution in [0.5, 0.6) is 23.0 Å². The van der Waals surface area contributed by atoms with Crippen LogP contribution in [0.15, 0.2) is 42.1 Å². The van der Waals surface area contributed by atoms with Gasteiger partial charge in [-0.25, -0.2) is 0 Å². The van der Waals surface area contributed by atoms with Crippen LogP contribution in [0.25, 0.3) is 6.08 Å². The standard InChI is InChI=1S/C20H27NO3.C13H18O3/c1-4-14(2)13-24-19-12-15(5-6-18(19)23-3)11-17-20(22)16-7-9-21(17)10-8-16;1-4-10(2)9-16-13-7-11(8-14)5-6-12(13)15-3/h5-6,11-12,14,16H,4,7-10,13H2,1-3H3;5-8,10H,4,9H2,1-3H3. The van der Waals surface area contributed by atoms with Crippen molar-refractivity contribution in [3.8, 4) is 23.0 Å². The van der Waals surface area contributed by atoms with E-state index in [4.69, 9.17) is 18.9 Å². The normalized spacial score (nSPS) is 17.1. The molecule has 2 aromatic rings. The van der Waals surface area contributed by atoms with Crippen molar-refractivity contribution in [2.45, 2.75) is 53.4 Å². The highest BCUT2D eigenvalue weighted by atomic mass is 16.5. The van der Waals surface area contributed by atoms with Crippen molar-refractivity contribution in [1.29, 1.82) is 0 Å². The smallest absolute Gasteiger partial charge is 0.182 e. The number of Topliss-reactive ketones (excluding diaryl/α,β-unsaturated/α-hetero) is 1. The molecule has 0 aliphatic carbocycles. The lowest BCUT2D eigenvalue weighted by atomic mass is 9.84. The van der Waals surface area contributed by atoms with Gasteiger partial charge in [-0.3, -0.25) is 9.59 Å². The summed E-state index contributed by atoms with van der Waals surface area (Å²) in [7, 11) is 3.24. The van der Waals surface area contributed by atoms with Gasteiger partial charge in [-0.05, 0) is 66.6 Å². The van der Waals surface area contributed by atoms with Gasteiger partial charge in [-0.15, -0.1) is 0 Å². The van der Waals surface area contributed by atoms with Crippen LogP contribution >= 0.6 is 0 Å². The Morgan fingerprint density at radius 2 is 1.32 bits per heavy atom. The summed E-state index contributed by atoms with van der Waals surface area (Å²) in [6.45, 7) is 11.9. The van der Waals surface area contributed by atoms with Gasteiger partial charge < -0.3 is 23.8 Å². The number of carbonyl (C=O) groups excluding carboxylic acids is 2. The summed E-state index contributed by atoms with van der Waals surface area (Å²) in [5.74, 6) is 4.28. The van der Waals surface area contributed by atoms with Gasteiger partial charge in [0.15, 0.2) is 28.8 Å². The van der Waals surface area contributed by atoms with Crippen molar-refractivity contribution in [2.75, 3.05) is 40.5 Å². The lowest BCUT2D eigenvalue weighted by Gasteiger charge is -2.41. The Kier molecular flexibility index (Phi) is 11.9. The zero-order valence-electron chi connectivity index (χ0n) is 24.9. The van der Waals surface area contributed by atoms with Crippen LogP contribution in [-0.4, -0.2) is 57.5 Å². The largest absolute Gasteiger partial charge is 0.493 e. The third-order valence-electron chi connectivity index (χ3n) is 7.71. The molecule has 40 heavy (non-hydrogen) atoms. The number of aldehydes is 1. The number of benzene rings is 2. The number of rotatable bonds is 12. The zero-order chi connectivity index (χ0) is 29.1. The van der Waals surface area contributed by atoms with Gasteiger partial charge in [0.25, 0.3) is 0 Å². The highest BCUT2D eigenvalue weighted by molar-refractivity contribution is 6.02. The highest BCUT2D eigenvalue weighted by Gasteiger charge is 2.36. The molecule has 0 radical (unpaired) electrons. The van der Waals surface area contributed by atoms with Crippen LogP contribution in [0.3, 0.4) is 0 Å². The first-order valence-electron chi connectivity index (χ1n) is 14.4. The van der Waals surface area contributed by atoms with Crippen molar-refractivity contribution in [3.05, 3.63) is 53.2 Å². The summed E-state index contributed by atoms with van der Waals surface area (Å²) < 4.78 is 22.2. The molecule has 0 aromatic heterocycles. The average molecular weight is 552 g/mol. The van der Waals surface area contributed by atoms with Crippen LogP contribution in [0.1, 0.15) is 69.3 Å². The Hall–Kier alpha value is -3.48. The van der Waals surface area contributed by atoms with Crippen molar-refractivity contribution >= 4 is 18.1 Å². The van der Waals surface area contributed by atoms with Crippen molar-refractivity contribution < 1.29 is 28.5 Å². The third-order valence-corrected chi connectivity index (χ3v) is 7.71. The number of ketones is 1. The number of carbonyl (C=O) groups is 2. The fourth-order valence-electron chi connectivity index (χ4n) is 4.54. The van der Waals surface area contributed by atoms with Crippen molar-refractivity contribution in [1.82, 2.24) is 4.90 Å². The molecule has 3 heterocycles. The second kappa shape index (κ2) is 15.3. The first-order valence-corrected chi connectivity index (χ1v) is 14.4. The minimum absolute atomic E-state index is 0.223. The molecule has 5 rings (SSSR count). The minimum atomic E-state index is 0.223. The van der Waals surface area contributed by atoms with Crippen molar-refractivity contribution in [2.24, 2.45) is 17.8 Å². The van der Waals surface area contributed by atoms with Gasteiger partial charge in [0.2, 0.25) is 0 Å². The van der Waals surface area contributed by atoms with E-state index in [2.05, 4.69) is 32.6 Å². The summed E-state index contributed by atoms with van der Waals surface area (Å²) in [5, 5.41) is 0. The number of fused-ring (bicyclic) bond motifs is 3. The van der Waals surface area contributed by atoms with Gasteiger partial charge in [0, 0.05) is 24.6 Å². The van der Waals surface area contributed by atoms with E-state index in [1.165, 1.54) is 0 Å². The van der Waals surface area contributed by atoms with E-state index in [1.54, 1.807) is 32.4 Å². The Balaban J connectivity index is 0.000000241. The molecular formula is C33H45NO6. The fourth-order valence-corrected chi connectivity index (χ4v) is 4.54. The second-order valence-corrected chi connectivity index (χ2v) is 10.7. The summed E-state index contributed by atoms with van der Waals surface area (Å²) in [5.41, 5.74) is 2.45. The maximum absolute atomic E-state index is 12.5. The van der Waals surface area contributed by atoms with Gasteiger partial charge in [-0.2, -0.15) is 0 Å². The average Bonchev–Trinajstić information content (AvgIpc) is 3.00. The number of piperidine rings is 3. The lowest BCUT2D eigenvalue weighted by molar-refractivity contribution is -0.125. The molecule has 0 saturated carbocycles. The summed E-state index contributed by atoms with van der Waals surface area (Å²) >= 11 is 0. The number of allylic oxidation sites excluding steroid dienone is 1. The maximum atomic E-state index is 12.5. The first-order chi connectivity index (χ1) is 19.3. The first kappa shape index (κ1) is 31.1. The molecule has 2 bridgehead atoms. The van der Waals surface area contributed by atoms with E-state index in [0.717, 1.165) is 67.8 Å². The number of methoxy groups -OCH3 is 2. The Morgan fingerprint density at radius 3 is 1.77 bits per heavy atom. The molecule has 218 valence electrons. The molecule has 3 aliphatic heterocycles. The van der Waals surface area contributed by atoms with Crippen LogP contribution in [0.2, 0.25) is 0 Å². The van der Waals surface area contributed by atoms with Gasteiger partial charge in [-0.1, -0.05) is 46.6 Å². The third kappa shape index (κ3) is 8.26. The topological polar surface area (TPSA) is 74.3 Å². The second-order valence-electron chi connectivity index (χ2n) is 10.7. The SMILES string of the molecule is CCC(C)COc1cc(C=C2C(=O)C3CCN2CC3)ccc1OC.CCC(C)COc1cc(C=O)ccc1OC. The van der Waals surface area contributed by atoms with Crippen LogP contribution in [-0.2, 0) is 4.79 Å². The van der Waals surface area contributed by atoms with Gasteiger partial charge in [0.05, 0.1) is 33.1 Å². The minimum Gasteiger partial charge on any atom is -0.493 e. The van der Waals surface area contributed by atoms with E-state index in [0.29, 0.717) is 47.9 Å². The molecule has 2 atom stereocenters. The van der Waals surface area contributed by atoms with Crippen LogP contribution < -0.4 is 18.9 Å². The van der Waals surface area contributed by atoms with E-state index >= 15 is 0 Å². The number of hydrogen-bond acceptors (Lipinski definition) is 7. The molecule has 2 unspecified atom stereocenters. The molecule has 3 fully saturated rings. The van der Waals surface area contributed by atoms with E-state index in [1.807, 2.05) is 24.3 Å². The predicted octanol–water partition coefficient (Wildman–Crippen LogP) is 6.69. The highest BCUT2D eigenvalue weighted by Crippen LogP contribution is 2.34. The monoisotopic (exact) mass is 551 g/mol.